The van der Waals surface area contributed by atoms with Gasteiger partial charge in [0.25, 0.3) is 0 Å². The van der Waals surface area contributed by atoms with Gasteiger partial charge < -0.3 is 14.4 Å². The van der Waals surface area contributed by atoms with E-state index in [1.54, 1.807) is 14.2 Å². The number of nitriles is 1. The van der Waals surface area contributed by atoms with Crippen LogP contribution in [0.15, 0.2) is 18.2 Å². The van der Waals surface area contributed by atoms with Crippen molar-refractivity contribution in [2.45, 2.75) is 20.8 Å². The molecule has 0 radical (unpaired) electrons. The number of nitrogens with zero attached hydrogens (tertiary/aromatic N) is 4. The van der Waals surface area contributed by atoms with Crippen LogP contribution in [0.5, 0.6) is 11.5 Å². The molecule has 0 N–H and O–H groups in total. The van der Waals surface area contributed by atoms with Gasteiger partial charge in [0.05, 0.1) is 19.6 Å². The molecule has 2 aromatic heterocycles. The molecule has 6 nitrogen and oxygen atoms in total. The Bertz CT molecular complexity index is 997. The predicted molar refractivity (Wildman–Crippen MR) is 109 cm³/mol. The van der Waals surface area contributed by atoms with Crippen LogP contribution < -0.4 is 14.4 Å². The summed E-state index contributed by atoms with van der Waals surface area (Å²) in [7, 11) is 3.23. The number of anilines is 1. The molecular weight excluding hydrogens is 360 g/mol. The van der Waals surface area contributed by atoms with Crippen molar-refractivity contribution >= 4 is 27.4 Å². The van der Waals surface area contributed by atoms with Crippen molar-refractivity contribution in [3.8, 4) is 29.0 Å². The van der Waals surface area contributed by atoms with Crippen LogP contribution in [0.25, 0.3) is 21.6 Å². The van der Waals surface area contributed by atoms with Crippen LogP contribution in [-0.4, -0.2) is 37.3 Å². The molecular formula is C20H22N4O2S. The number of methoxy groups -OCH3 is 2. The number of aromatic nitrogens is 2. The summed E-state index contributed by atoms with van der Waals surface area (Å²) in [4.78, 5) is 13.3. The third-order valence-corrected chi connectivity index (χ3v) is 5.64. The lowest BCUT2D eigenvalue weighted by molar-refractivity contribution is 0.394. The molecule has 0 saturated heterocycles. The molecule has 27 heavy (non-hydrogen) atoms. The molecule has 3 aromatic rings. The Morgan fingerprint density at radius 1 is 1.07 bits per heavy atom. The Morgan fingerprint density at radius 2 is 1.70 bits per heavy atom. The molecule has 7 heteroatoms. The largest absolute Gasteiger partial charge is 0.497 e. The highest BCUT2D eigenvalue weighted by Crippen LogP contribution is 2.37. The number of rotatable bonds is 6. The molecule has 140 valence electrons. The summed E-state index contributed by atoms with van der Waals surface area (Å²) in [6.45, 7) is 7.79. The molecule has 0 aliphatic carbocycles. The number of thiophene rings is 1. The number of fused-ring (bicyclic) bond motifs is 1. The van der Waals surface area contributed by atoms with Crippen molar-refractivity contribution in [3.63, 3.8) is 0 Å². The first kappa shape index (κ1) is 18.9. The molecule has 0 aliphatic heterocycles. The van der Waals surface area contributed by atoms with Crippen molar-refractivity contribution in [3.05, 3.63) is 28.6 Å². The van der Waals surface area contributed by atoms with Gasteiger partial charge in [-0.05, 0) is 38.5 Å². The Kier molecular flexibility index (Phi) is 5.47. The molecule has 0 fully saturated rings. The molecule has 0 amide bonds. The lowest BCUT2D eigenvalue weighted by atomic mass is 10.1. The van der Waals surface area contributed by atoms with Crippen LogP contribution in [0.3, 0.4) is 0 Å². The lowest BCUT2D eigenvalue weighted by Gasteiger charge is -2.21. The monoisotopic (exact) mass is 382 g/mol. The zero-order valence-electron chi connectivity index (χ0n) is 16.2. The average molecular weight is 382 g/mol. The first-order valence-electron chi connectivity index (χ1n) is 8.75. The Labute approximate surface area is 163 Å². The Balaban J connectivity index is 2.31. The average Bonchev–Trinajstić information content (AvgIpc) is 3.04. The second-order valence-corrected chi connectivity index (χ2v) is 6.99. The molecule has 0 bridgehead atoms. The van der Waals surface area contributed by atoms with Gasteiger partial charge in [0.2, 0.25) is 0 Å². The van der Waals surface area contributed by atoms with Crippen molar-refractivity contribution in [1.29, 1.82) is 5.26 Å². The number of aryl methyl sites for hydroxylation is 1. The van der Waals surface area contributed by atoms with E-state index in [9.17, 15) is 5.26 Å². The van der Waals surface area contributed by atoms with Crippen molar-refractivity contribution in [1.82, 2.24) is 9.97 Å². The molecule has 0 spiro atoms. The number of benzene rings is 1. The highest BCUT2D eigenvalue weighted by molar-refractivity contribution is 7.19. The van der Waals surface area contributed by atoms with Gasteiger partial charge in [0, 0.05) is 24.7 Å². The number of ether oxygens (including phenoxy) is 2. The minimum absolute atomic E-state index is 0.590. The van der Waals surface area contributed by atoms with Gasteiger partial charge in [0.15, 0.2) is 5.82 Å². The van der Waals surface area contributed by atoms with Crippen LogP contribution in [0.1, 0.15) is 24.3 Å². The SMILES string of the molecule is CCN(CC)c1nc(-c2cc(OC)cc(OC)c2)nc2sc(C#N)c(C)c12. The van der Waals surface area contributed by atoms with E-state index in [2.05, 4.69) is 24.8 Å². The zero-order chi connectivity index (χ0) is 19.6. The van der Waals surface area contributed by atoms with Crippen LogP contribution in [0.2, 0.25) is 0 Å². The van der Waals surface area contributed by atoms with E-state index in [0.717, 1.165) is 40.3 Å². The van der Waals surface area contributed by atoms with Gasteiger partial charge in [-0.15, -0.1) is 11.3 Å². The van der Waals surface area contributed by atoms with Gasteiger partial charge in [-0.1, -0.05) is 0 Å². The van der Waals surface area contributed by atoms with E-state index in [4.69, 9.17) is 19.4 Å². The minimum Gasteiger partial charge on any atom is -0.497 e. The first-order valence-corrected chi connectivity index (χ1v) is 9.57. The maximum absolute atomic E-state index is 9.45. The van der Waals surface area contributed by atoms with Crippen LogP contribution in [0, 0.1) is 18.3 Å². The quantitative estimate of drug-likeness (QED) is 0.629. The molecule has 0 aliphatic rings. The van der Waals surface area contributed by atoms with Gasteiger partial charge in [-0.3, -0.25) is 0 Å². The smallest absolute Gasteiger partial charge is 0.163 e. The summed E-state index contributed by atoms with van der Waals surface area (Å²) in [6.07, 6.45) is 0. The molecule has 0 atom stereocenters. The normalized spacial score (nSPS) is 10.7. The minimum atomic E-state index is 0.590. The standard InChI is InChI=1S/C20H22N4O2S/c1-6-24(7-2)19-17-12(3)16(11-21)27-20(17)23-18(22-19)13-8-14(25-4)10-15(9-13)26-5/h8-10H,6-7H2,1-5H3. The number of hydrogen-bond donors (Lipinski definition) is 0. The highest BCUT2D eigenvalue weighted by Gasteiger charge is 2.20. The summed E-state index contributed by atoms with van der Waals surface area (Å²) >= 11 is 1.40. The van der Waals surface area contributed by atoms with E-state index >= 15 is 0 Å². The highest BCUT2D eigenvalue weighted by atomic mass is 32.1. The summed E-state index contributed by atoms with van der Waals surface area (Å²) < 4.78 is 10.8. The molecule has 0 saturated carbocycles. The van der Waals surface area contributed by atoms with Gasteiger partial charge >= 0.3 is 0 Å². The van der Waals surface area contributed by atoms with E-state index in [-0.39, 0.29) is 0 Å². The molecule has 0 unspecified atom stereocenters. The molecule has 1 aromatic carbocycles. The third kappa shape index (κ3) is 3.40. The zero-order valence-corrected chi connectivity index (χ0v) is 17.0. The van der Waals surface area contributed by atoms with Crippen LogP contribution in [0.4, 0.5) is 5.82 Å². The Hall–Kier alpha value is -2.85. The van der Waals surface area contributed by atoms with Crippen molar-refractivity contribution < 1.29 is 9.47 Å². The van der Waals surface area contributed by atoms with Gasteiger partial charge in [-0.2, -0.15) is 5.26 Å². The summed E-state index contributed by atoms with van der Waals surface area (Å²) in [5, 5.41) is 10.4. The lowest BCUT2D eigenvalue weighted by Crippen LogP contribution is -2.23. The third-order valence-electron chi connectivity index (χ3n) is 4.55. The molecule has 2 heterocycles. The van der Waals surface area contributed by atoms with E-state index in [0.29, 0.717) is 22.2 Å². The summed E-state index contributed by atoms with van der Waals surface area (Å²) in [6, 6.07) is 7.87. The van der Waals surface area contributed by atoms with Gasteiger partial charge in [-0.25, -0.2) is 9.97 Å². The second kappa shape index (κ2) is 7.80. The summed E-state index contributed by atoms with van der Waals surface area (Å²) in [5.41, 5.74) is 1.75. The van der Waals surface area contributed by atoms with Crippen LogP contribution in [-0.2, 0) is 0 Å². The second-order valence-electron chi connectivity index (χ2n) is 5.99. The topological polar surface area (TPSA) is 71.3 Å². The Morgan fingerprint density at radius 3 is 2.22 bits per heavy atom. The summed E-state index contributed by atoms with van der Waals surface area (Å²) in [5.74, 6) is 2.80. The maximum Gasteiger partial charge on any atom is 0.163 e. The van der Waals surface area contributed by atoms with Crippen LogP contribution >= 0.6 is 11.3 Å². The first-order chi connectivity index (χ1) is 13.1. The van der Waals surface area contributed by atoms with Gasteiger partial charge in [0.1, 0.15) is 33.1 Å². The van der Waals surface area contributed by atoms with Crippen molar-refractivity contribution in [2.75, 3.05) is 32.2 Å². The fraction of sp³-hybridized carbons (Fsp3) is 0.350. The molecule has 3 rings (SSSR count). The van der Waals surface area contributed by atoms with E-state index in [1.807, 2.05) is 25.1 Å². The maximum atomic E-state index is 9.45. The van der Waals surface area contributed by atoms with E-state index < -0.39 is 0 Å². The fourth-order valence-corrected chi connectivity index (χ4v) is 4.01. The fourth-order valence-electron chi connectivity index (χ4n) is 3.04. The van der Waals surface area contributed by atoms with E-state index in [1.165, 1.54) is 11.3 Å². The number of hydrogen-bond acceptors (Lipinski definition) is 7. The van der Waals surface area contributed by atoms with Crippen molar-refractivity contribution in [2.24, 2.45) is 0 Å². The predicted octanol–water partition coefficient (Wildman–Crippen LogP) is 4.40.